The first-order chi connectivity index (χ1) is 8.71. The van der Waals surface area contributed by atoms with E-state index in [0.717, 1.165) is 5.46 Å². The zero-order chi connectivity index (χ0) is 14.3. The molecule has 0 radical (unpaired) electrons. The van der Waals surface area contributed by atoms with Crippen LogP contribution in [0.2, 0.25) is 0 Å². The Hall–Kier alpha value is -1.07. The van der Waals surface area contributed by atoms with Gasteiger partial charge in [0.25, 0.3) is 0 Å². The number of nitrogens with zero attached hydrogens (tertiary/aromatic N) is 1. The molecule has 1 aliphatic heterocycles. The minimum atomic E-state index is -0.373. The van der Waals surface area contributed by atoms with Crippen LogP contribution in [-0.2, 0) is 9.31 Å². The molecule has 0 atom stereocenters. The Kier molecular flexibility index (Phi) is 3.62. The molecule has 1 aliphatic rings. The summed E-state index contributed by atoms with van der Waals surface area (Å²) in [6, 6.07) is 3.78. The smallest absolute Gasteiger partial charge is 0.475 e. The van der Waals surface area contributed by atoms with E-state index in [0.29, 0.717) is 5.88 Å². The second-order valence-electron chi connectivity index (χ2n) is 6.18. The molecule has 0 aliphatic carbocycles. The molecule has 104 valence electrons. The number of ether oxygens (including phenoxy) is 1. The lowest BCUT2D eigenvalue weighted by Gasteiger charge is -2.32. The van der Waals surface area contributed by atoms with Crippen molar-refractivity contribution in [2.75, 3.05) is 0 Å². The van der Waals surface area contributed by atoms with Gasteiger partial charge in [0, 0.05) is 12.3 Å². The average Bonchev–Trinajstić information content (AvgIpc) is 2.47. The molecule has 0 amide bonds. The van der Waals surface area contributed by atoms with E-state index in [1.807, 2.05) is 53.7 Å². The van der Waals surface area contributed by atoms with E-state index in [9.17, 15) is 0 Å². The van der Waals surface area contributed by atoms with Crippen molar-refractivity contribution >= 4 is 12.6 Å². The van der Waals surface area contributed by atoms with Crippen molar-refractivity contribution in [1.29, 1.82) is 0 Å². The van der Waals surface area contributed by atoms with Crippen molar-refractivity contribution < 1.29 is 14.0 Å². The standard InChI is InChI=1S/C14H22BNO3/c1-10(2)17-12-9-11(7-8-16-12)15-18-13(3,4)14(5,6)19-15/h7-10H,1-6H3. The number of hydrogen-bond acceptors (Lipinski definition) is 4. The van der Waals surface area contributed by atoms with Gasteiger partial charge in [0.15, 0.2) is 0 Å². The zero-order valence-corrected chi connectivity index (χ0v) is 12.6. The highest BCUT2D eigenvalue weighted by Crippen LogP contribution is 2.36. The predicted molar refractivity (Wildman–Crippen MR) is 75.7 cm³/mol. The second kappa shape index (κ2) is 4.80. The lowest BCUT2D eigenvalue weighted by atomic mass is 9.80. The molecule has 4 nitrogen and oxygen atoms in total. The SMILES string of the molecule is CC(C)Oc1cc(B2OC(C)(C)C(C)(C)O2)ccn1. The molecule has 0 saturated carbocycles. The van der Waals surface area contributed by atoms with Crippen LogP contribution < -0.4 is 10.2 Å². The molecule has 0 unspecified atom stereocenters. The fraction of sp³-hybridized carbons (Fsp3) is 0.643. The molecule has 2 rings (SSSR count). The lowest BCUT2D eigenvalue weighted by Crippen LogP contribution is -2.41. The van der Waals surface area contributed by atoms with Gasteiger partial charge in [-0.2, -0.15) is 0 Å². The molecule has 0 aromatic carbocycles. The quantitative estimate of drug-likeness (QED) is 0.783. The first-order valence-corrected chi connectivity index (χ1v) is 6.69. The third-order valence-electron chi connectivity index (χ3n) is 3.64. The molecule has 19 heavy (non-hydrogen) atoms. The molecule has 0 bridgehead atoms. The minimum absolute atomic E-state index is 0.0982. The fourth-order valence-electron chi connectivity index (χ4n) is 1.86. The number of hydrogen-bond donors (Lipinski definition) is 0. The highest BCUT2D eigenvalue weighted by Gasteiger charge is 2.51. The molecular formula is C14H22BNO3. The van der Waals surface area contributed by atoms with Crippen molar-refractivity contribution in [3.8, 4) is 5.88 Å². The summed E-state index contributed by atoms with van der Waals surface area (Å²) in [4.78, 5) is 4.19. The molecule has 5 heteroatoms. The Bertz CT molecular complexity index is 444. The molecular weight excluding hydrogens is 241 g/mol. The predicted octanol–water partition coefficient (Wildman–Crippen LogP) is 2.17. The van der Waals surface area contributed by atoms with Crippen LogP contribution in [0.5, 0.6) is 5.88 Å². The summed E-state index contributed by atoms with van der Waals surface area (Å²) in [6.45, 7) is 12.1. The summed E-state index contributed by atoms with van der Waals surface area (Å²) in [6.07, 6.45) is 1.82. The maximum Gasteiger partial charge on any atom is 0.495 e. The van der Waals surface area contributed by atoms with Gasteiger partial charge in [-0.3, -0.25) is 0 Å². The summed E-state index contributed by atoms with van der Waals surface area (Å²) in [7, 11) is -0.373. The molecule has 0 spiro atoms. The summed E-state index contributed by atoms with van der Waals surface area (Å²) < 4.78 is 17.6. The Morgan fingerprint density at radius 3 is 2.26 bits per heavy atom. The van der Waals surface area contributed by atoms with E-state index in [4.69, 9.17) is 14.0 Å². The summed E-state index contributed by atoms with van der Waals surface area (Å²) in [5.74, 6) is 0.599. The maximum atomic E-state index is 6.00. The van der Waals surface area contributed by atoms with Crippen molar-refractivity contribution in [2.45, 2.75) is 58.8 Å². The highest BCUT2D eigenvalue weighted by atomic mass is 16.7. The zero-order valence-electron chi connectivity index (χ0n) is 12.6. The average molecular weight is 263 g/mol. The van der Waals surface area contributed by atoms with Crippen LogP contribution >= 0.6 is 0 Å². The summed E-state index contributed by atoms with van der Waals surface area (Å²) in [5, 5.41) is 0. The Labute approximate surface area is 115 Å². The minimum Gasteiger partial charge on any atom is -0.475 e. The Morgan fingerprint density at radius 2 is 1.74 bits per heavy atom. The van der Waals surface area contributed by atoms with Crippen LogP contribution in [0.25, 0.3) is 0 Å². The number of rotatable bonds is 3. The van der Waals surface area contributed by atoms with Gasteiger partial charge >= 0.3 is 7.12 Å². The fourth-order valence-corrected chi connectivity index (χ4v) is 1.86. The van der Waals surface area contributed by atoms with Crippen molar-refractivity contribution in [3.05, 3.63) is 18.3 Å². The number of pyridine rings is 1. The third-order valence-corrected chi connectivity index (χ3v) is 3.64. The first-order valence-electron chi connectivity index (χ1n) is 6.69. The topological polar surface area (TPSA) is 40.6 Å². The van der Waals surface area contributed by atoms with E-state index in [1.165, 1.54) is 0 Å². The van der Waals surface area contributed by atoms with Gasteiger partial charge in [-0.1, -0.05) is 0 Å². The van der Waals surface area contributed by atoms with Gasteiger partial charge in [0.2, 0.25) is 5.88 Å². The normalized spacial score (nSPS) is 20.9. The Morgan fingerprint density at radius 1 is 1.16 bits per heavy atom. The molecule has 0 N–H and O–H groups in total. The highest BCUT2D eigenvalue weighted by molar-refractivity contribution is 6.62. The van der Waals surface area contributed by atoms with Crippen LogP contribution in [0, 0.1) is 0 Å². The summed E-state index contributed by atoms with van der Waals surface area (Å²) in [5.41, 5.74) is 0.268. The number of aromatic nitrogens is 1. The molecule has 1 fully saturated rings. The lowest BCUT2D eigenvalue weighted by molar-refractivity contribution is 0.00578. The van der Waals surface area contributed by atoms with Crippen LogP contribution in [0.3, 0.4) is 0 Å². The molecule has 1 saturated heterocycles. The Balaban J connectivity index is 2.20. The van der Waals surface area contributed by atoms with Crippen LogP contribution in [0.15, 0.2) is 18.3 Å². The van der Waals surface area contributed by atoms with Crippen molar-refractivity contribution in [2.24, 2.45) is 0 Å². The molecule has 1 aromatic heterocycles. The van der Waals surface area contributed by atoms with Gasteiger partial charge in [-0.15, -0.1) is 0 Å². The van der Waals surface area contributed by atoms with Gasteiger partial charge in [0.05, 0.1) is 17.3 Å². The van der Waals surface area contributed by atoms with Crippen molar-refractivity contribution in [3.63, 3.8) is 0 Å². The second-order valence-corrected chi connectivity index (χ2v) is 6.18. The monoisotopic (exact) mass is 263 g/mol. The van der Waals surface area contributed by atoms with Gasteiger partial charge in [-0.05, 0) is 53.1 Å². The van der Waals surface area contributed by atoms with Crippen LogP contribution in [0.4, 0.5) is 0 Å². The van der Waals surface area contributed by atoms with E-state index in [1.54, 1.807) is 6.20 Å². The van der Waals surface area contributed by atoms with E-state index >= 15 is 0 Å². The largest absolute Gasteiger partial charge is 0.495 e. The van der Waals surface area contributed by atoms with Gasteiger partial charge in [-0.25, -0.2) is 4.98 Å². The van der Waals surface area contributed by atoms with E-state index < -0.39 is 0 Å². The van der Waals surface area contributed by atoms with Gasteiger partial charge in [0.1, 0.15) is 0 Å². The first kappa shape index (κ1) is 14.3. The third kappa shape index (κ3) is 2.93. The van der Waals surface area contributed by atoms with E-state index in [-0.39, 0.29) is 24.4 Å². The van der Waals surface area contributed by atoms with Crippen molar-refractivity contribution in [1.82, 2.24) is 4.98 Å². The molecule has 2 heterocycles. The summed E-state index contributed by atoms with van der Waals surface area (Å²) >= 11 is 0. The van der Waals surface area contributed by atoms with E-state index in [2.05, 4.69) is 4.98 Å². The maximum absolute atomic E-state index is 6.00. The van der Waals surface area contributed by atoms with Gasteiger partial charge < -0.3 is 14.0 Å². The van der Waals surface area contributed by atoms with Crippen LogP contribution in [0.1, 0.15) is 41.5 Å². The molecule has 1 aromatic rings. The van der Waals surface area contributed by atoms with Crippen LogP contribution in [-0.4, -0.2) is 29.4 Å².